The SMILES string of the molecule is CN1CCN(S(=O)(=O)c2ccc(NC(=O)CSc3nc(-c4cccc(Cl)c4)c(C#N)c(=O)[nH]3)cc2)CC1. The van der Waals surface area contributed by atoms with Crippen molar-refractivity contribution < 1.29 is 13.2 Å². The number of aromatic amines is 1. The molecule has 2 N–H and O–H groups in total. The molecule has 1 amide bonds. The first-order valence-electron chi connectivity index (χ1n) is 11.2. The molecule has 0 unspecified atom stereocenters. The highest BCUT2D eigenvalue weighted by molar-refractivity contribution is 7.99. The number of hydrogen-bond acceptors (Lipinski definition) is 8. The van der Waals surface area contributed by atoms with Crippen LogP contribution in [0.3, 0.4) is 0 Å². The van der Waals surface area contributed by atoms with Gasteiger partial charge in [-0.3, -0.25) is 9.59 Å². The predicted molar refractivity (Wildman–Crippen MR) is 142 cm³/mol. The van der Waals surface area contributed by atoms with Crippen LogP contribution in [0.2, 0.25) is 5.02 Å². The minimum Gasteiger partial charge on any atom is -0.325 e. The number of nitriles is 1. The quantitative estimate of drug-likeness (QED) is 0.333. The van der Waals surface area contributed by atoms with Gasteiger partial charge in [0.1, 0.15) is 11.6 Å². The molecule has 0 atom stereocenters. The number of carbonyl (C=O) groups is 1. The number of H-pyrrole nitrogens is 1. The molecule has 1 aliphatic heterocycles. The highest BCUT2D eigenvalue weighted by atomic mass is 35.5. The number of carbonyl (C=O) groups excluding carboxylic acids is 1. The third-order valence-electron chi connectivity index (χ3n) is 5.69. The predicted octanol–water partition coefficient (Wildman–Crippen LogP) is 2.63. The third kappa shape index (κ3) is 6.38. The monoisotopic (exact) mass is 558 g/mol. The van der Waals surface area contributed by atoms with Crippen LogP contribution >= 0.6 is 23.4 Å². The van der Waals surface area contributed by atoms with Crippen LogP contribution in [0.1, 0.15) is 5.56 Å². The van der Waals surface area contributed by atoms with Gasteiger partial charge < -0.3 is 15.2 Å². The molecule has 3 aromatic rings. The van der Waals surface area contributed by atoms with E-state index in [0.29, 0.717) is 42.5 Å². The Kier molecular flexibility index (Phi) is 8.31. The first kappa shape index (κ1) is 26.8. The van der Waals surface area contributed by atoms with Gasteiger partial charge >= 0.3 is 0 Å². The van der Waals surface area contributed by atoms with Crippen molar-refractivity contribution in [1.82, 2.24) is 19.2 Å². The molecule has 2 heterocycles. The van der Waals surface area contributed by atoms with Crippen molar-refractivity contribution in [1.29, 1.82) is 5.26 Å². The molecule has 0 saturated carbocycles. The van der Waals surface area contributed by atoms with Crippen LogP contribution in [0.5, 0.6) is 0 Å². The Morgan fingerprint density at radius 1 is 1.19 bits per heavy atom. The van der Waals surface area contributed by atoms with Crippen LogP contribution in [-0.2, 0) is 14.8 Å². The Labute approximate surface area is 223 Å². The number of aromatic nitrogens is 2. The van der Waals surface area contributed by atoms with Gasteiger partial charge in [-0.25, -0.2) is 13.4 Å². The van der Waals surface area contributed by atoms with Crippen LogP contribution in [-0.4, -0.2) is 72.5 Å². The van der Waals surface area contributed by atoms with E-state index in [9.17, 15) is 23.3 Å². The summed E-state index contributed by atoms with van der Waals surface area (Å²) < 4.78 is 27.2. The molecule has 0 bridgehead atoms. The van der Waals surface area contributed by atoms with Crippen molar-refractivity contribution in [2.45, 2.75) is 10.1 Å². The largest absolute Gasteiger partial charge is 0.325 e. The molecule has 1 aliphatic rings. The molecule has 10 nitrogen and oxygen atoms in total. The maximum Gasteiger partial charge on any atom is 0.270 e. The number of hydrogen-bond donors (Lipinski definition) is 2. The molecule has 192 valence electrons. The molecular formula is C24H23ClN6O4S2. The molecule has 0 aliphatic carbocycles. The molecule has 0 spiro atoms. The topological polar surface area (TPSA) is 139 Å². The zero-order valence-electron chi connectivity index (χ0n) is 19.8. The van der Waals surface area contributed by atoms with Gasteiger partial charge in [-0.05, 0) is 43.4 Å². The summed E-state index contributed by atoms with van der Waals surface area (Å²) in [5.41, 5.74) is 0.348. The highest BCUT2D eigenvalue weighted by Crippen LogP contribution is 2.25. The molecule has 13 heteroatoms. The summed E-state index contributed by atoms with van der Waals surface area (Å²) in [4.78, 5) is 34.0. The lowest BCUT2D eigenvalue weighted by atomic mass is 10.1. The molecule has 1 fully saturated rings. The van der Waals surface area contributed by atoms with Crippen molar-refractivity contribution in [2.75, 3.05) is 44.3 Å². The second-order valence-electron chi connectivity index (χ2n) is 8.29. The zero-order valence-corrected chi connectivity index (χ0v) is 22.2. The van der Waals surface area contributed by atoms with Crippen molar-refractivity contribution in [3.63, 3.8) is 0 Å². The van der Waals surface area contributed by atoms with Crippen molar-refractivity contribution in [2.24, 2.45) is 0 Å². The second-order valence-corrected chi connectivity index (χ2v) is 11.6. The summed E-state index contributed by atoms with van der Waals surface area (Å²) in [5, 5.41) is 12.7. The number of piperazine rings is 1. The number of thioether (sulfide) groups is 1. The van der Waals surface area contributed by atoms with E-state index in [-0.39, 0.29) is 33.0 Å². The maximum absolute atomic E-state index is 12.9. The standard InChI is InChI=1S/C24H23ClN6O4S2/c1-30-9-11-31(12-10-30)37(34,35)19-7-5-18(6-8-19)27-21(32)15-36-24-28-22(20(14-26)23(33)29-24)16-3-2-4-17(25)13-16/h2-8,13H,9-12,15H2,1H3,(H,27,32)(H,28,29,33). The second kappa shape index (κ2) is 11.5. The number of likely N-dealkylation sites (N-methyl/N-ethyl adjacent to an activating group) is 1. The van der Waals surface area contributed by atoms with Crippen LogP contribution < -0.4 is 10.9 Å². The van der Waals surface area contributed by atoms with Crippen molar-refractivity contribution in [3.8, 4) is 17.3 Å². The fourth-order valence-corrected chi connectivity index (χ4v) is 5.96. The Balaban J connectivity index is 1.41. The Bertz CT molecular complexity index is 1510. The van der Waals surface area contributed by atoms with E-state index in [4.69, 9.17) is 11.6 Å². The normalized spacial score (nSPS) is 14.7. The smallest absolute Gasteiger partial charge is 0.270 e. The molecular weight excluding hydrogens is 536 g/mol. The fourth-order valence-electron chi connectivity index (χ4n) is 3.69. The number of amides is 1. The van der Waals surface area contributed by atoms with Crippen LogP contribution in [0.15, 0.2) is 63.4 Å². The molecule has 2 aromatic carbocycles. The number of nitrogens with one attached hydrogen (secondary N) is 2. The van der Waals surface area contributed by atoms with E-state index >= 15 is 0 Å². The summed E-state index contributed by atoms with van der Waals surface area (Å²) in [5.74, 6) is -0.457. The van der Waals surface area contributed by atoms with Gasteiger partial charge in [-0.1, -0.05) is 35.5 Å². The number of rotatable bonds is 7. The van der Waals surface area contributed by atoms with E-state index in [0.717, 1.165) is 11.8 Å². The molecule has 0 radical (unpaired) electrons. The number of benzene rings is 2. The highest BCUT2D eigenvalue weighted by Gasteiger charge is 2.27. The third-order valence-corrected chi connectivity index (χ3v) is 8.71. The van der Waals surface area contributed by atoms with Gasteiger partial charge in [0.05, 0.1) is 16.3 Å². The summed E-state index contributed by atoms with van der Waals surface area (Å²) in [6.07, 6.45) is 0. The first-order valence-corrected chi connectivity index (χ1v) is 14.0. The van der Waals surface area contributed by atoms with Gasteiger partial charge in [-0.15, -0.1) is 0 Å². The number of anilines is 1. The van der Waals surface area contributed by atoms with E-state index < -0.39 is 15.6 Å². The van der Waals surface area contributed by atoms with Crippen LogP contribution in [0, 0.1) is 11.3 Å². The van der Waals surface area contributed by atoms with Gasteiger partial charge in [0.2, 0.25) is 15.9 Å². The van der Waals surface area contributed by atoms with Crippen molar-refractivity contribution >= 4 is 45.0 Å². The average molecular weight is 559 g/mol. The van der Waals surface area contributed by atoms with Gasteiger partial charge in [-0.2, -0.15) is 9.57 Å². The molecule has 37 heavy (non-hydrogen) atoms. The van der Waals surface area contributed by atoms with Crippen molar-refractivity contribution in [3.05, 3.63) is 69.5 Å². The van der Waals surface area contributed by atoms with Gasteiger partial charge in [0, 0.05) is 42.5 Å². The number of nitrogens with zero attached hydrogens (tertiary/aromatic N) is 4. The van der Waals surface area contributed by atoms with E-state index in [2.05, 4.69) is 20.2 Å². The van der Waals surface area contributed by atoms with E-state index in [1.807, 2.05) is 13.1 Å². The minimum atomic E-state index is -3.60. The lowest BCUT2D eigenvalue weighted by Crippen LogP contribution is -2.46. The van der Waals surface area contributed by atoms with Gasteiger partial charge in [0.15, 0.2) is 5.16 Å². The molecule has 1 saturated heterocycles. The number of sulfonamides is 1. The van der Waals surface area contributed by atoms with E-state index in [1.54, 1.807) is 24.3 Å². The summed E-state index contributed by atoms with van der Waals surface area (Å²) in [7, 11) is -1.65. The van der Waals surface area contributed by atoms with Crippen LogP contribution in [0.25, 0.3) is 11.3 Å². The number of halogens is 1. The Hall–Kier alpha value is -3.21. The molecule has 1 aromatic heterocycles. The Morgan fingerprint density at radius 3 is 2.54 bits per heavy atom. The lowest BCUT2D eigenvalue weighted by Gasteiger charge is -2.31. The maximum atomic E-state index is 12.9. The lowest BCUT2D eigenvalue weighted by molar-refractivity contribution is -0.113. The van der Waals surface area contributed by atoms with Crippen LogP contribution in [0.4, 0.5) is 5.69 Å². The minimum absolute atomic E-state index is 0.0782. The summed E-state index contributed by atoms with van der Waals surface area (Å²) >= 11 is 7.03. The zero-order chi connectivity index (χ0) is 26.6. The first-order chi connectivity index (χ1) is 17.7. The Morgan fingerprint density at radius 2 is 1.89 bits per heavy atom. The molecule has 4 rings (SSSR count). The van der Waals surface area contributed by atoms with E-state index in [1.165, 1.54) is 28.6 Å². The fraction of sp³-hybridized carbons (Fsp3) is 0.250. The van der Waals surface area contributed by atoms with Gasteiger partial charge in [0.25, 0.3) is 5.56 Å². The summed E-state index contributed by atoms with van der Waals surface area (Å²) in [6, 6.07) is 14.5. The average Bonchev–Trinajstić information content (AvgIpc) is 2.88. The summed E-state index contributed by atoms with van der Waals surface area (Å²) in [6.45, 7) is 2.20.